The monoisotopic (exact) mass is 584 g/mol. The topological polar surface area (TPSA) is 73.8 Å². The molecule has 4 atom stereocenters. The lowest BCUT2D eigenvalue weighted by atomic mass is 10.6. The van der Waals surface area contributed by atoms with Crippen LogP contribution in [0.3, 0.4) is 0 Å². The first-order chi connectivity index (χ1) is 16.5. The zero-order chi connectivity index (χ0) is 28.3. The van der Waals surface area contributed by atoms with Gasteiger partial charge in [-0.05, 0) is 49.9 Å². The van der Waals surface area contributed by atoms with Gasteiger partial charge in [-0.25, -0.2) is 0 Å². The molecule has 4 unspecified atom stereocenters. The van der Waals surface area contributed by atoms with Crippen LogP contribution in [0.1, 0.15) is 83.1 Å². The molecule has 0 saturated carbocycles. The van der Waals surface area contributed by atoms with Gasteiger partial charge in [-0.2, -0.15) is 0 Å². The second-order valence-corrected chi connectivity index (χ2v) is 28.3. The highest BCUT2D eigenvalue weighted by Gasteiger charge is 2.71. The van der Waals surface area contributed by atoms with Gasteiger partial charge in [0.1, 0.15) is 0 Å². The van der Waals surface area contributed by atoms with Crippen molar-refractivity contribution in [1.82, 2.24) is 0 Å². The van der Waals surface area contributed by atoms with E-state index in [1.165, 1.54) is 0 Å². The van der Waals surface area contributed by atoms with Crippen molar-refractivity contribution >= 4 is 34.2 Å². The van der Waals surface area contributed by atoms with Crippen LogP contribution in [-0.2, 0) is 35.4 Å². The fourth-order valence-electron chi connectivity index (χ4n) is 5.22. The Kier molecular flexibility index (Phi) is 12.7. The van der Waals surface area contributed by atoms with Crippen molar-refractivity contribution in [3.8, 4) is 0 Å². The van der Waals surface area contributed by atoms with Gasteiger partial charge in [0, 0.05) is 28.4 Å². The van der Waals surface area contributed by atoms with E-state index < -0.39 is 34.2 Å². The summed E-state index contributed by atoms with van der Waals surface area (Å²) in [5.41, 5.74) is -0.781. The van der Waals surface area contributed by atoms with Crippen LogP contribution in [0.15, 0.2) is 0 Å². The molecule has 0 aliphatic carbocycles. The lowest BCUT2D eigenvalue weighted by Gasteiger charge is -2.60. The first kappa shape index (κ1) is 34.6. The Balaban J connectivity index is 4.27. The molecule has 1 aliphatic rings. The van der Waals surface area contributed by atoms with Crippen LogP contribution < -0.4 is 0 Å². The normalized spacial score (nSPS) is 35.7. The van der Waals surface area contributed by atoms with Crippen molar-refractivity contribution in [2.75, 3.05) is 28.4 Å². The summed E-state index contributed by atoms with van der Waals surface area (Å²) in [6.45, 7) is 25.6. The summed E-state index contributed by atoms with van der Waals surface area (Å²) in [6.07, 6.45) is 0. The van der Waals surface area contributed by atoms with Crippen LogP contribution in [0.2, 0.25) is 22.2 Å². The van der Waals surface area contributed by atoms with Gasteiger partial charge in [0.25, 0.3) is 0 Å². The van der Waals surface area contributed by atoms with E-state index in [1.807, 2.05) is 0 Å². The van der Waals surface area contributed by atoms with E-state index in [0.29, 0.717) is 0 Å². The van der Waals surface area contributed by atoms with Gasteiger partial charge in [-0.1, -0.05) is 55.4 Å². The average Bonchev–Trinajstić information content (AvgIpc) is 2.81. The second-order valence-electron chi connectivity index (χ2n) is 11.4. The summed E-state index contributed by atoms with van der Waals surface area (Å²) in [5, 5.41) is 0. The molecule has 1 fully saturated rings. The molecule has 36 heavy (non-hydrogen) atoms. The van der Waals surface area contributed by atoms with Gasteiger partial charge < -0.3 is 35.4 Å². The highest BCUT2D eigenvalue weighted by Crippen LogP contribution is 2.49. The molecular weight excluding hydrogens is 529 g/mol. The van der Waals surface area contributed by atoms with E-state index in [0.717, 1.165) is 0 Å². The van der Waals surface area contributed by atoms with Crippen molar-refractivity contribution in [3.05, 3.63) is 0 Å². The van der Waals surface area contributed by atoms with E-state index in [1.54, 1.807) is 28.4 Å². The maximum Gasteiger partial charge on any atom is 0.352 e. The van der Waals surface area contributed by atoms with Crippen LogP contribution in [-0.4, -0.2) is 85.6 Å². The third kappa shape index (κ3) is 5.99. The Labute approximate surface area is 226 Å². The zero-order valence-electron chi connectivity index (χ0n) is 25.9. The van der Waals surface area contributed by atoms with Crippen molar-refractivity contribution in [2.45, 2.75) is 128 Å². The highest BCUT2D eigenvalue weighted by molar-refractivity contribution is 6.97. The molecule has 8 nitrogen and oxygen atoms in total. The van der Waals surface area contributed by atoms with Gasteiger partial charge in [0.05, 0.1) is 22.9 Å². The molecule has 0 bridgehead atoms. The van der Waals surface area contributed by atoms with E-state index in [2.05, 4.69) is 83.1 Å². The number of hydrogen-bond acceptors (Lipinski definition) is 8. The number of hydrogen-bond donors (Lipinski definition) is 0. The second kappa shape index (κ2) is 13.3. The third-order valence-electron chi connectivity index (χ3n) is 8.18. The first-order valence-corrected chi connectivity index (χ1v) is 21.3. The Morgan fingerprint density at radius 1 is 0.333 bits per heavy atom. The molecule has 0 radical (unpaired) electrons. The number of ether oxygens (including phenoxy) is 4. The zero-order valence-corrected chi connectivity index (χ0v) is 29.9. The quantitative estimate of drug-likeness (QED) is 0.268. The molecule has 216 valence electrons. The molecule has 1 rings (SSSR count). The number of methoxy groups -OCH3 is 4. The van der Waals surface area contributed by atoms with Crippen LogP contribution in [0.4, 0.5) is 0 Å². The molecule has 0 spiro atoms. The lowest BCUT2D eigenvalue weighted by Crippen LogP contribution is -2.81. The predicted molar refractivity (Wildman–Crippen MR) is 154 cm³/mol. The highest BCUT2D eigenvalue weighted by atomic mass is 28.5. The summed E-state index contributed by atoms with van der Waals surface area (Å²) in [6, 6.07) is 0. The van der Waals surface area contributed by atoms with Crippen molar-refractivity contribution < 1.29 is 35.4 Å². The van der Waals surface area contributed by atoms with Crippen molar-refractivity contribution in [2.24, 2.45) is 0 Å². The van der Waals surface area contributed by atoms with E-state index >= 15 is 0 Å². The SMILES string of the molecule is COC(C)[Si]1(C(C)C)O[Si](C(C)C)(C(C)OC)O[Si](C(C)C)(C(C)OC)O[Si](C(C)C)(C(C)OC)O1. The minimum atomic E-state index is -3.17. The molecule has 0 N–H and O–H groups in total. The fourth-order valence-corrected chi connectivity index (χ4v) is 33.3. The average molecular weight is 585 g/mol. The standard InChI is InChI=1S/C24H56O8Si4/c1-17(2)33(21(9)25-13)29-34(18(3)4,22(10)26-14)31-36(20(7)8,24(12)28-16)32-35(30-33,19(5)6)23(11)27-15/h17-24H,1-16H3. The largest absolute Gasteiger partial charge is 0.412 e. The minimum absolute atomic E-state index is 0.0667. The smallest absolute Gasteiger partial charge is 0.352 e. The molecule has 0 amide bonds. The minimum Gasteiger partial charge on any atom is -0.412 e. The van der Waals surface area contributed by atoms with Gasteiger partial charge >= 0.3 is 34.2 Å². The molecular formula is C24H56O8Si4. The molecule has 0 aromatic carbocycles. The molecule has 1 saturated heterocycles. The first-order valence-electron chi connectivity index (χ1n) is 13.4. The summed E-state index contributed by atoms with van der Waals surface area (Å²) >= 11 is 0. The Morgan fingerprint density at radius 3 is 0.556 bits per heavy atom. The maximum absolute atomic E-state index is 7.56. The van der Waals surface area contributed by atoms with Gasteiger partial charge in [-0.3, -0.25) is 0 Å². The maximum atomic E-state index is 7.56. The summed E-state index contributed by atoms with van der Waals surface area (Å²) in [7, 11) is -5.77. The van der Waals surface area contributed by atoms with E-state index in [4.69, 9.17) is 35.4 Å². The molecule has 1 heterocycles. The predicted octanol–water partition coefficient (Wildman–Crippen LogP) is 5.77. The summed E-state index contributed by atoms with van der Waals surface area (Å²) < 4.78 is 54.4. The molecule has 0 aromatic rings. The van der Waals surface area contributed by atoms with Gasteiger partial charge in [-0.15, -0.1) is 0 Å². The van der Waals surface area contributed by atoms with E-state index in [9.17, 15) is 0 Å². The molecule has 0 aromatic heterocycles. The van der Waals surface area contributed by atoms with E-state index in [-0.39, 0.29) is 45.1 Å². The van der Waals surface area contributed by atoms with Crippen LogP contribution in [0.25, 0.3) is 0 Å². The molecule has 1 aliphatic heterocycles. The Bertz CT molecular complexity index is 559. The number of rotatable bonds is 12. The Hall–Kier alpha value is 0.548. The molecule has 12 heteroatoms. The van der Waals surface area contributed by atoms with Crippen molar-refractivity contribution in [3.63, 3.8) is 0 Å². The fraction of sp³-hybridized carbons (Fsp3) is 1.00. The van der Waals surface area contributed by atoms with Crippen LogP contribution in [0, 0.1) is 0 Å². The summed E-state index contributed by atoms with van der Waals surface area (Å²) in [5.74, 6) is 0. The third-order valence-corrected chi connectivity index (χ3v) is 30.3. The lowest BCUT2D eigenvalue weighted by molar-refractivity contribution is 0.0503. The van der Waals surface area contributed by atoms with Gasteiger partial charge in [0.15, 0.2) is 0 Å². The van der Waals surface area contributed by atoms with Crippen LogP contribution >= 0.6 is 0 Å². The summed E-state index contributed by atoms with van der Waals surface area (Å²) in [4.78, 5) is 0. The van der Waals surface area contributed by atoms with Crippen molar-refractivity contribution in [1.29, 1.82) is 0 Å². The van der Waals surface area contributed by atoms with Gasteiger partial charge in [0.2, 0.25) is 0 Å². The van der Waals surface area contributed by atoms with Crippen LogP contribution in [0.5, 0.6) is 0 Å². The Morgan fingerprint density at radius 2 is 0.472 bits per heavy atom.